The van der Waals surface area contributed by atoms with Crippen LogP contribution in [0.1, 0.15) is 25.5 Å². The predicted octanol–water partition coefficient (Wildman–Crippen LogP) is 2.77. The molecular formula is C12H19N3O2S. The van der Waals surface area contributed by atoms with E-state index in [4.69, 9.17) is 4.74 Å². The summed E-state index contributed by atoms with van der Waals surface area (Å²) in [5, 5.41) is 8.02. The quantitative estimate of drug-likeness (QED) is 0.748. The summed E-state index contributed by atoms with van der Waals surface area (Å²) in [6, 6.07) is -0.122. The summed E-state index contributed by atoms with van der Waals surface area (Å²) in [7, 11) is 1.61. The summed E-state index contributed by atoms with van der Waals surface area (Å²) in [4.78, 5) is 15.9. The van der Waals surface area contributed by atoms with Crippen molar-refractivity contribution in [1.82, 2.24) is 10.3 Å². The molecule has 0 aliphatic rings. The van der Waals surface area contributed by atoms with Gasteiger partial charge in [-0.25, -0.2) is 9.78 Å². The first kappa shape index (κ1) is 14.7. The fraction of sp³-hybridized carbons (Fsp3) is 0.500. The molecule has 2 N–H and O–H groups in total. The van der Waals surface area contributed by atoms with Crippen molar-refractivity contribution in [2.24, 2.45) is 0 Å². The van der Waals surface area contributed by atoms with Crippen LogP contribution in [-0.2, 0) is 11.3 Å². The molecule has 0 aliphatic carbocycles. The van der Waals surface area contributed by atoms with Crippen LogP contribution in [0.2, 0.25) is 0 Å². The van der Waals surface area contributed by atoms with Crippen LogP contribution in [0.4, 0.5) is 9.93 Å². The monoisotopic (exact) mass is 269 g/mol. The van der Waals surface area contributed by atoms with Crippen molar-refractivity contribution in [3.63, 3.8) is 0 Å². The Morgan fingerprint density at radius 1 is 1.72 bits per heavy atom. The number of urea groups is 1. The third-order valence-corrected chi connectivity index (χ3v) is 3.15. The highest BCUT2D eigenvalue weighted by atomic mass is 32.1. The summed E-state index contributed by atoms with van der Waals surface area (Å²) in [6.45, 7) is 6.14. The Hall–Kier alpha value is -1.40. The van der Waals surface area contributed by atoms with Gasteiger partial charge in [-0.2, -0.15) is 0 Å². The van der Waals surface area contributed by atoms with E-state index in [1.807, 2.05) is 12.3 Å². The second-order valence-corrected chi connectivity index (χ2v) is 4.66. The van der Waals surface area contributed by atoms with Crippen LogP contribution in [0.25, 0.3) is 0 Å². The molecular weight excluding hydrogens is 250 g/mol. The average Bonchev–Trinajstić information content (AvgIpc) is 2.76. The van der Waals surface area contributed by atoms with Crippen LogP contribution < -0.4 is 10.6 Å². The fourth-order valence-corrected chi connectivity index (χ4v) is 2.12. The van der Waals surface area contributed by atoms with E-state index >= 15 is 0 Å². The molecule has 0 aliphatic heterocycles. The van der Waals surface area contributed by atoms with E-state index in [1.165, 1.54) is 11.3 Å². The van der Waals surface area contributed by atoms with Crippen LogP contribution in [0, 0.1) is 0 Å². The zero-order valence-corrected chi connectivity index (χ0v) is 11.5. The summed E-state index contributed by atoms with van der Waals surface area (Å²) in [5.74, 6) is 0. The van der Waals surface area contributed by atoms with E-state index in [0.717, 1.165) is 18.5 Å². The van der Waals surface area contributed by atoms with E-state index < -0.39 is 0 Å². The number of aromatic nitrogens is 1. The minimum Gasteiger partial charge on any atom is -0.378 e. The van der Waals surface area contributed by atoms with Gasteiger partial charge in [0.1, 0.15) is 0 Å². The normalized spacial score (nSPS) is 11.9. The van der Waals surface area contributed by atoms with Crippen molar-refractivity contribution in [3.05, 3.63) is 23.7 Å². The second kappa shape index (κ2) is 7.84. The minimum atomic E-state index is -0.234. The number of ether oxygens (including phenoxy) is 1. The lowest BCUT2D eigenvalue weighted by Crippen LogP contribution is -2.37. The molecule has 0 radical (unpaired) electrons. The van der Waals surface area contributed by atoms with Gasteiger partial charge in [0.15, 0.2) is 5.13 Å². The van der Waals surface area contributed by atoms with Crippen LogP contribution in [-0.4, -0.2) is 24.2 Å². The zero-order chi connectivity index (χ0) is 13.4. The number of nitrogens with zero attached hydrogens (tertiary/aromatic N) is 1. The van der Waals surface area contributed by atoms with Gasteiger partial charge in [0, 0.05) is 18.5 Å². The molecule has 0 saturated heterocycles. The molecule has 18 heavy (non-hydrogen) atoms. The van der Waals surface area contributed by atoms with E-state index in [9.17, 15) is 4.79 Å². The molecule has 0 bridgehead atoms. The van der Waals surface area contributed by atoms with E-state index in [-0.39, 0.29) is 12.1 Å². The molecule has 0 spiro atoms. The molecule has 1 aromatic rings. The van der Waals surface area contributed by atoms with Crippen molar-refractivity contribution >= 4 is 22.5 Å². The van der Waals surface area contributed by atoms with Gasteiger partial charge >= 0.3 is 6.03 Å². The van der Waals surface area contributed by atoms with E-state index in [1.54, 1.807) is 13.2 Å². The molecule has 0 fully saturated rings. The molecule has 5 nitrogen and oxygen atoms in total. The van der Waals surface area contributed by atoms with Crippen LogP contribution in [0.3, 0.4) is 0 Å². The van der Waals surface area contributed by atoms with Gasteiger partial charge in [-0.3, -0.25) is 5.32 Å². The van der Waals surface area contributed by atoms with Crippen LogP contribution in [0.5, 0.6) is 0 Å². The number of hydrogen-bond donors (Lipinski definition) is 2. The Kier molecular flexibility index (Phi) is 6.38. The summed E-state index contributed by atoms with van der Waals surface area (Å²) >= 11 is 1.38. The number of hydrogen-bond acceptors (Lipinski definition) is 4. The lowest BCUT2D eigenvalue weighted by atomic mass is 10.1. The lowest BCUT2D eigenvalue weighted by molar-refractivity contribution is 0.182. The highest BCUT2D eigenvalue weighted by molar-refractivity contribution is 7.13. The average molecular weight is 269 g/mol. The fourth-order valence-electron chi connectivity index (χ4n) is 1.43. The molecule has 1 aromatic heterocycles. The van der Waals surface area contributed by atoms with E-state index in [0.29, 0.717) is 11.7 Å². The number of thiazole rings is 1. The predicted molar refractivity (Wildman–Crippen MR) is 73.9 cm³/mol. The van der Waals surface area contributed by atoms with Crippen molar-refractivity contribution in [3.8, 4) is 0 Å². The van der Waals surface area contributed by atoms with Crippen molar-refractivity contribution in [2.75, 3.05) is 12.4 Å². The third-order valence-electron chi connectivity index (χ3n) is 2.34. The first-order chi connectivity index (χ1) is 8.69. The van der Waals surface area contributed by atoms with Crippen molar-refractivity contribution in [1.29, 1.82) is 0 Å². The van der Waals surface area contributed by atoms with Gasteiger partial charge in [-0.1, -0.05) is 13.0 Å². The molecule has 0 unspecified atom stereocenters. The Morgan fingerprint density at radius 3 is 3.11 bits per heavy atom. The topological polar surface area (TPSA) is 63.2 Å². The van der Waals surface area contributed by atoms with Crippen molar-refractivity contribution in [2.45, 2.75) is 32.4 Å². The smallest absolute Gasteiger partial charge is 0.321 e. The standard InChI is InChI=1S/C12H19N3O2S/c1-4-6-9(5-2)13-11(16)15-12-14-10(7-17-3)8-18-12/h4,8-9H,1,5-7H2,2-3H3,(H2,13,14,15,16)/t9-/m0/s1. The maximum absolute atomic E-state index is 11.7. The Labute approximate surface area is 111 Å². The number of rotatable bonds is 7. The summed E-state index contributed by atoms with van der Waals surface area (Å²) < 4.78 is 4.96. The first-order valence-electron chi connectivity index (χ1n) is 5.81. The van der Waals surface area contributed by atoms with Crippen LogP contribution >= 0.6 is 11.3 Å². The molecule has 1 atom stereocenters. The van der Waals surface area contributed by atoms with Crippen LogP contribution in [0.15, 0.2) is 18.0 Å². The molecule has 0 aromatic carbocycles. The maximum atomic E-state index is 11.7. The molecule has 2 amide bonds. The lowest BCUT2D eigenvalue weighted by Gasteiger charge is -2.14. The Morgan fingerprint density at radius 2 is 2.50 bits per heavy atom. The Balaban J connectivity index is 2.45. The van der Waals surface area contributed by atoms with Gasteiger partial charge in [-0.15, -0.1) is 17.9 Å². The SMILES string of the molecule is C=CC[C@H](CC)NC(=O)Nc1nc(COC)cs1. The summed E-state index contributed by atoms with van der Waals surface area (Å²) in [5.41, 5.74) is 0.816. The molecule has 0 saturated carbocycles. The number of carbonyl (C=O) groups is 1. The van der Waals surface area contributed by atoms with Gasteiger partial charge in [0.2, 0.25) is 0 Å². The molecule has 1 rings (SSSR count). The first-order valence-corrected chi connectivity index (χ1v) is 6.69. The van der Waals surface area contributed by atoms with E-state index in [2.05, 4.69) is 22.2 Å². The largest absolute Gasteiger partial charge is 0.378 e. The minimum absolute atomic E-state index is 0.112. The molecule has 1 heterocycles. The molecule has 6 heteroatoms. The van der Waals surface area contributed by atoms with Gasteiger partial charge in [0.25, 0.3) is 0 Å². The van der Waals surface area contributed by atoms with Gasteiger partial charge in [-0.05, 0) is 12.8 Å². The number of nitrogens with one attached hydrogen (secondary N) is 2. The number of anilines is 1. The van der Waals surface area contributed by atoms with Gasteiger partial charge in [0.05, 0.1) is 12.3 Å². The van der Waals surface area contributed by atoms with Crippen molar-refractivity contribution < 1.29 is 9.53 Å². The number of carbonyl (C=O) groups excluding carboxylic acids is 1. The molecule has 100 valence electrons. The highest BCUT2D eigenvalue weighted by Gasteiger charge is 2.10. The summed E-state index contributed by atoms with van der Waals surface area (Å²) in [6.07, 6.45) is 3.43. The zero-order valence-electron chi connectivity index (χ0n) is 10.7. The second-order valence-electron chi connectivity index (χ2n) is 3.81. The third kappa shape index (κ3) is 4.85. The maximum Gasteiger partial charge on any atom is 0.321 e. The highest BCUT2D eigenvalue weighted by Crippen LogP contribution is 2.15. The van der Waals surface area contributed by atoms with Gasteiger partial charge < -0.3 is 10.1 Å². The Bertz CT molecular complexity index is 392. The number of amides is 2. The number of methoxy groups -OCH3 is 1.